The van der Waals surface area contributed by atoms with Crippen LogP contribution in [0.2, 0.25) is 0 Å². The number of urea groups is 1. The van der Waals surface area contributed by atoms with Crippen molar-refractivity contribution in [1.29, 1.82) is 0 Å². The van der Waals surface area contributed by atoms with E-state index in [4.69, 9.17) is 22.7 Å². The van der Waals surface area contributed by atoms with Gasteiger partial charge in [-0.1, -0.05) is 31.1 Å². The molecule has 0 aromatic heterocycles. The molecule has 1 aromatic carbocycles. The summed E-state index contributed by atoms with van der Waals surface area (Å²) < 4.78 is 5.16. The van der Waals surface area contributed by atoms with Crippen molar-refractivity contribution in [1.82, 2.24) is 4.90 Å². The number of carbonyl (C=O) groups is 1. The van der Waals surface area contributed by atoms with E-state index in [9.17, 15) is 4.79 Å². The third-order valence-corrected chi connectivity index (χ3v) is 3.80. The predicted molar refractivity (Wildman–Crippen MR) is 87.8 cm³/mol. The Bertz CT molecular complexity index is 515. The fourth-order valence-electron chi connectivity index (χ4n) is 2.65. The lowest BCUT2D eigenvalue weighted by molar-refractivity contribution is 0.199. The Morgan fingerprint density at radius 3 is 2.81 bits per heavy atom. The van der Waals surface area contributed by atoms with E-state index in [2.05, 4.69) is 5.32 Å². The predicted octanol–water partition coefficient (Wildman–Crippen LogP) is 2.76. The van der Waals surface area contributed by atoms with Gasteiger partial charge >= 0.3 is 6.03 Å². The third-order valence-electron chi connectivity index (χ3n) is 3.67. The van der Waals surface area contributed by atoms with Crippen LogP contribution in [0.15, 0.2) is 24.3 Å². The Labute approximate surface area is 130 Å². The van der Waals surface area contributed by atoms with Crippen LogP contribution in [-0.4, -0.2) is 35.6 Å². The van der Waals surface area contributed by atoms with Gasteiger partial charge in [-0.2, -0.15) is 0 Å². The zero-order valence-electron chi connectivity index (χ0n) is 12.2. The number of ether oxygens (including phenoxy) is 1. The van der Waals surface area contributed by atoms with Crippen LogP contribution in [0, 0.1) is 0 Å². The molecule has 0 heterocycles. The Kier molecular flexibility index (Phi) is 5.38. The number of nitrogens with two attached hydrogens (primary N) is 1. The molecule has 3 N–H and O–H groups in total. The van der Waals surface area contributed by atoms with E-state index in [1.54, 1.807) is 18.1 Å². The lowest BCUT2D eigenvalue weighted by atomic mass is 10.2. The maximum Gasteiger partial charge on any atom is 0.322 e. The first-order valence-electron chi connectivity index (χ1n) is 7.10. The summed E-state index contributed by atoms with van der Waals surface area (Å²) in [4.78, 5) is 14.6. The van der Waals surface area contributed by atoms with E-state index >= 15 is 0 Å². The van der Waals surface area contributed by atoms with Crippen LogP contribution >= 0.6 is 12.2 Å². The number of thiocarbonyl (C=S) groups is 1. The van der Waals surface area contributed by atoms with Gasteiger partial charge in [-0.25, -0.2) is 4.79 Å². The highest BCUT2D eigenvalue weighted by atomic mass is 32.1. The Balaban J connectivity index is 2.07. The van der Waals surface area contributed by atoms with Crippen molar-refractivity contribution in [3.05, 3.63) is 24.3 Å². The maximum absolute atomic E-state index is 12.5. The number of benzene rings is 1. The number of methoxy groups -OCH3 is 1. The van der Waals surface area contributed by atoms with Crippen molar-refractivity contribution in [2.24, 2.45) is 5.73 Å². The average Bonchev–Trinajstić information content (AvgIpc) is 2.98. The molecule has 6 heteroatoms. The van der Waals surface area contributed by atoms with Crippen LogP contribution < -0.4 is 15.8 Å². The van der Waals surface area contributed by atoms with Crippen molar-refractivity contribution in [2.75, 3.05) is 19.0 Å². The van der Waals surface area contributed by atoms with E-state index in [0.717, 1.165) is 25.7 Å². The number of anilines is 1. The average molecular weight is 307 g/mol. The van der Waals surface area contributed by atoms with Gasteiger partial charge < -0.3 is 20.7 Å². The number of hydrogen-bond donors (Lipinski definition) is 2. The zero-order chi connectivity index (χ0) is 15.2. The van der Waals surface area contributed by atoms with Gasteiger partial charge in [-0.05, 0) is 25.0 Å². The minimum Gasteiger partial charge on any atom is -0.497 e. The van der Waals surface area contributed by atoms with Gasteiger partial charge in [0.2, 0.25) is 0 Å². The fraction of sp³-hybridized carbons (Fsp3) is 0.467. The molecule has 2 amide bonds. The molecule has 21 heavy (non-hydrogen) atoms. The largest absolute Gasteiger partial charge is 0.497 e. The van der Waals surface area contributed by atoms with E-state index in [1.807, 2.05) is 18.2 Å². The molecular formula is C15H21N3O2S. The second kappa shape index (κ2) is 7.26. The first-order chi connectivity index (χ1) is 10.1. The molecule has 0 aliphatic heterocycles. The monoisotopic (exact) mass is 307 g/mol. The van der Waals surface area contributed by atoms with Gasteiger partial charge in [0.1, 0.15) is 5.75 Å². The molecule has 1 aliphatic rings. The summed E-state index contributed by atoms with van der Waals surface area (Å²) in [5.74, 6) is 0.703. The molecule has 0 spiro atoms. The molecule has 114 valence electrons. The van der Waals surface area contributed by atoms with Gasteiger partial charge in [0.05, 0.1) is 18.6 Å². The minimum atomic E-state index is -0.164. The molecule has 5 nitrogen and oxygen atoms in total. The standard InChI is InChI=1S/C15H21N3O2S/c1-20-13-8-4-5-11(9-13)17-15(19)18(10-14(16)21)12-6-2-3-7-12/h4-5,8-9,12H,2-3,6-7,10H2,1H3,(H2,16,21)(H,17,19). The molecule has 0 unspecified atom stereocenters. The maximum atomic E-state index is 12.5. The topological polar surface area (TPSA) is 67.6 Å². The molecule has 0 atom stereocenters. The molecule has 0 saturated heterocycles. The molecule has 1 aromatic rings. The Morgan fingerprint density at radius 2 is 2.19 bits per heavy atom. The normalized spacial score (nSPS) is 14.7. The fourth-order valence-corrected chi connectivity index (χ4v) is 2.79. The minimum absolute atomic E-state index is 0.164. The van der Waals surface area contributed by atoms with Crippen molar-refractivity contribution in [3.63, 3.8) is 0 Å². The van der Waals surface area contributed by atoms with Crippen molar-refractivity contribution < 1.29 is 9.53 Å². The Hall–Kier alpha value is -1.82. The highest BCUT2D eigenvalue weighted by molar-refractivity contribution is 7.80. The van der Waals surface area contributed by atoms with Crippen LogP contribution in [0.25, 0.3) is 0 Å². The molecule has 0 radical (unpaired) electrons. The van der Waals surface area contributed by atoms with Gasteiger partial charge in [0.25, 0.3) is 0 Å². The molecule has 1 fully saturated rings. The molecule has 1 aliphatic carbocycles. The molecular weight excluding hydrogens is 286 g/mol. The van der Waals surface area contributed by atoms with Crippen molar-refractivity contribution in [3.8, 4) is 5.75 Å². The first-order valence-corrected chi connectivity index (χ1v) is 7.51. The van der Waals surface area contributed by atoms with Crippen LogP contribution in [0.3, 0.4) is 0 Å². The van der Waals surface area contributed by atoms with Crippen LogP contribution in [0.1, 0.15) is 25.7 Å². The number of nitrogens with zero attached hydrogens (tertiary/aromatic N) is 1. The number of rotatable bonds is 5. The van der Waals surface area contributed by atoms with E-state index < -0.39 is 0 Å². The zero-order valence-corrected chi connectivity index (χ0v) is 13.0. The second-order valence-corrected chi connectivity index (χ2v) is 5.72. The van der Waals surface area contributed by atoms with Crippen LogP contribution in [0.4, 0.5) is 10.5 Å². The second-order valence-electron chi connectivity index (χ2n) is 5.19. The SMILES string of the molecule is COc1cccc(NC(=O)N(CC(N)=S)C2CCCC2)c1. The summed E-state index contributed by atoms with van der Waals surface area (Å²) in [6.07, 6.45) is 4.30. The Morgan fingerprint density at radius 1 is 1.48 bits per heavy atom. The van der Waals surface area contributed by atoms with Crippen molar-refractivity contribution in [2.45, 2.75) is 31.7 Å². The number of nitrogens with one attached hydrogen (secondary N) is 1. The highest BCUT2D eigenvalue weighted by Crippen LogP contribution is 2.24. The summed E-state index contributed by atoms with van der Waals surface area (Å²) >= 11 is 4.97. The quantitative estimate of drug-likeness (QED) is 0.821. The lowest BCUT2D eigenvalue weighted by Crippen LogP contribution is -2.45. The van der Waals surface area contributed by atoms with Gasteiger partial charge in [-0.15, -0.1) is 0 Å². The first kappa shape index (κ1) is 15.6. The highest BCUT2D eigenvalue weighted by Gasteiger charge is 2.27. The molecule has 2 rings (SSSR count). The van der Waals surface area contributed by atoms with Gasteiger partial charge in [0.15, 0.2) is 0 Å². The lowest BCUT2D eigenvalue weighted by Gasteiger charge is -2.28. The van der Waals surface area contributed by atoms with Crippen molar-refractivity contribution >= 4 is 28.9 Å². The smallest absolute Gasteiger partial charge is 0.322 e. The number of amides is 2. The summed E-state index contributed by atoms with van der Waals surface area (Å²) in [6, 6.07) is 7.33. The summed E-state index contributed by atoms with van der Waals surface area (Å²) in [5.41, 5.74) is 6.33. The van der Waals surface area contributed by atoms with Crippen LogP contribution in [0.5, 0.6) is 5.75 Å². The number of carbonyl (C=O) groups excluding carboxylic acids is 1. The third kappa shape index (κ3) is 4.32. The van der Waals surface area contributed by atoms with E-state index in [1.165, 1.54) is 0 Å². The molecule has 0 bridgehead atoms. The summed E-state index contributed by atoms with van der Waals surface area (Å²) in [5, 5.41) is 2.89. The van der Waals surface area contributed by atoms with Gasteiger partial charge in [-0.3, -0.25) is 0 Å². The van der Waals surface area contributed by atoms with Crippen LogP contribution in [-0.2, 0) is 0 Å². The molecule has 1 saturated carbocycles. The van der Waals surface area contributed by atoms with E-state index in [-0.39, 0.29) is 12.1 Å². The summed E-state index contributed by atoms with van der Waals surface area (Å²) in [6.45, 7) is 0.315. The van der Waals surface area contributed by atoms with Gasteiger partial charge in [0, 0.05) is 17.8 Å². The number of hydrogen-bond acceptors (Lipinski definition) is 3. The van der Waals surface area contributed by atoms with E-state index in [0.29, 0.717) is 23.0 Å². The summed E-state index contributed by atoms with van der Waals surface area (Å²) in [7, 11) is 1.60.